The van der Waals surface area contributed by atoms with Gasteiger partial charge in [0.1, 0.15) is 0 Å². The van der Waals surface area contributed by atoms with Gasteiger partial charge in [0.05, 0.1) is 0 Å². The van der Waals surface area contributed by atoms with Crippen molar-refractivity contribution in [2.24, 2.45) is 17.3 Å². The van der Waals surface area contributed by atoms with Crippen LogP contribution in [0.15, 0.2) is 0 Å². The van der Waals surface area contributed by atoms with Gasteiger partial charge in [-0.25, -0.2) is 0 Å². The van der Waals surface area contributed by atoms with Gasteiger partial charge in [-0.15, -0.1) is 0 Å². The van der Waals surface area contributed by atoms with E-state index >= 15 is 0 Å². The van der Waals surface area contributed by atoms with E-state index in [0.29, 0.717) is 10.2 Å². The minimum Gasteiger partial charge on any atom is -0.0891 e. The largest absolute Gasteiger partial charge is 0.0891 e. The Hall–Kier alpha value is 0.480. The van der Waals surface area contributed by atoms with Crippen molar-refractivity contribution in [3.63, 3.8) is 0 Å². The monoisotopic (exact) mass is 218 g/mol. The molecule has 0 aromatic heterocycles. The highest BCUT2D eigenvalue weighted by atomic mass is 79.9. The number of rotatable bonds is 1. The molecule has 0 bridgehead atoms. The molecule has 0 nitrogen and oxygen atoms in total. The highest BCUT2D eigenvalue weighted by molar-refractivity contribution is 9.09. The van der Waals surface area contributed by atoms with E-state index in [0.717, 1.165) is 11.8 Å². The van der Waals surface area contributed by atoms with Gasteiger partial charge >= 0.3 is 0 Å². The minimum absolute atomic E-state index is 0.589. The quantitative estimate of drug-likeness (QED) is 0.588. The Balaban J connectivity index is 2.59. The fourth-order valence-corrected chi connectivity index (χ4v) is 3.27. The number of halogens is 1. The summed E-state index contributed by atoms with van der Waals surface area (Å²) in [4.78, 5) is 0.694. The Kier molecular flexibility index (Phi) is 2.68. The zero-order valence-electron chi connectivity index (χ0n) is 8.02. The Morgan fingerprint density at radius 2 is 1.91 bits per heavy atom. The molecule has 0 heterocycles. The van der Waals surface area contributed by atoms with Crippen LogP contribution in [-0.4, -0.2) is 4.83 Å². The lowest BCUT2D eigenvalue weighted by molar-refractivity contribution is 0.360. The van der Waals surface area contributed by atoms with Crippen LogP contribution in [-0.2, 0) is 0 Å². The maximum absolute atomic E-state index is 3.69. The van der Waals surface area contributed by atoms with Gasteiger partial charge in [0.15, 0.2) is 0 Å². The Morgan fingerprint density at radius 1 is 1.36 bits per heavy atom. The first-order chi connectivity index (χ1) is 4.92. The molecule has 1 aliphatic rings. The molecule has 66 valence electrons. The highest BCUT2D eigenvalue weighted by Crippen LogP contribution is 2.47. The topological polar surface area (TPSA) is 0 Å². The molecule has 1 aliphatic carbocycles. The van der Waals surface area contributed by atoms with Crippen LogP contribution in [0.25, 0.3) is 0 Å². The highest BCUT2D eigenvalue weighted by Gasteiger charge is 2.38. The maximum Gasteiger partial charge on any atom is 0.0148 e. The molecule has 0 aromatic carbocycles. The second-order valence-corrected chi connectivity index (χ2v) is 6.34. The van der Waals surface area contributed by atoms with Crippen LogP contribution in [0, 0.1) is 17.3 Å². The molecular weight excluding hydrogens is 200 g/mol. The molecule has 3 atom stereocenters. The van der Waals surface area contributed by atoms with Gasteiger partial charge in [0.2, 0.25) is 0 Å². The lowest BCUT2D eigenvalue weighted by Crippen LogP contribution is -2.13. The van der Waals surface area contributed by atoms with Crippen LogP contribution in [0.2, 0.25) is 0 Å². The van der Waals surface area contributed by atoms with Gasteiger partial charge in [-0.1, -0.05) is 43.6 Å². The van der Waals surface area contributed by atoms with E-state index in [1.54, 1.807) is 0 Å². The molecule has 1 saturated carbocycles. The van der Waals surface area contributed by atoms with Gasteiger partial charge in [0, 0.05) is 4.83 Å². The van der Waals surface area contributed by atoms with E-state index in [9.17, 15) is 0 Å². The fraction of sp³-hybridized carbons (Fsp3) is 1.00. The van der Waals surface area contributed by atoms with Crippen molar-refractivity contribution in [2.75, 3.05) is 0 Å². The summed E-state index contributed by atoms with van der Waals surface area (Å²) in [6, 6.07) is 0. The zero-order valence-corrected chi connectivity index (χ0v) is 9.61. The summed E-state index contributed by atoms with van der Waals surface area (Å²) in [5.74, 6) is 1.80. The first kappa shape index (κ1) is 9.57. The molecule has 0 radical (unpaired) electrons. The molecule has 0 spiro atoms. The first-order valence-electron chi connectivity index (χ1n) is 4.56. The second kappa shape index (κ2) is 3.08. The summed E-state index contributed by atoms with van der Waals surface area (Å²) < 4.78 is 0. The number of hydrogen-bond donors (Lipinski definition) is 0. The summed E-state index contributed by atoms with van der Waals surface area (Å²) in [5, 5.41) is 0. The molecule has 11 heavy (non-hydrogen) atoms. The zero-order chi connectivity index (χ0) is 8.65. The van der Waals surface area contributed by atoms with Crippen LogP contribution in [0.3, 0.4) is 0 Å². The summed E-state index contributed by atoms with van der Waals surface area (Å²) in [6.45, 7) is 9.44. The molecule has 1 fully saturated rings. The fourth-order valence-electron chi connectivity index (χ4n) is 2.56. The van der Waals surface area contributed by atoms with Crippen molar-refractivity contribution in [2.45, 2.75) is 45.4 Å². The Bertz CT molecular complexity index is 138. The summed E-state index contributed by atoms with van der Waals surface area (Å²) in [7, 11) is 0. The van der Waals surface area contributed by atoms with Crippen LogP contribution in [0.4, 0.5) is 0 Å². The van der Waals surface area contributed by atoms with E-state index in [2.05, 4.69) is 43.6 Å². The SMILES string of the molecule is CC(Br)C1CC(C)(C)CC1C. The Morgan fingerprint density at radius 3 is 2.09 bits per heavy atom. The van der Waals surface area contributed by atoms with Crippen molar-refractivity contribution >= 4 is 15.9 Å². The third kappa shape index (κ3) is 2.21. The minimum atomic E-state index is 0.589. The third-order valence-electron chi connectivity index (χ3n) is 2.98. The van der Waals surface area contributed by atoms with E-state index in [-0.39, 0.29) is 0 Å². The summed E-state index contributed by atoms with van der Waals surface area (Å²) >= 11 is 3.69. The van der Waals surface area contributed by atoms with Crippen LogP contribution in [0.5, 0.6) is 0 Å². The second-order valence-electron chi connectivity index (χ2n) is 4.89. The average Bonchev–Trinajstić information content (AvgIpc) is 2.05. The molecule has 0 amide bonds. The van der Waals surface area contributed by atoms with E-state index in [4.69, 9.17) is 0 Å². The van der Waals surface area contributed by atoms with Gasteiger partial charge in [-0.3, -0.25) is 0 Å². The maximum atomic E-state index is 3.69. The average molecular weight is 219 g/mol. The molecular formula is C10H19Br. The van der Waals surface area contributed by atoms with Gasteiger partial charge < -0.3 is 0 Å². The normalized spacial score (nSPS) is 39.0. The van der Waals surface area contributed by atoms with Crippen molar-refractivity contribution in [1.29, 1.82) is 0 Å². The molecule has 0 aromatic rings. The van der Waals surface area contributed by atoms with Crippen molar-refractivity contribution in [3.05, 3.63) is 0 Å². The van der Waals surface area contributed by atoms with E-state index < -0.39 is 0 Å². The lowest BCUT2D eigenvalue weighted by Gasteiger charge is -2.18. The first-order valence-corrected chi connectivity index (χ1v) is 5.48. The van der Waals surface area contributed by atoms with Crippen molar-refractivity contribution in [1.82, 2.24) is 0 Å². The van der Waals surface area contributed by atoms with E-state index in [1.807, 2.05) is 0 Å². The predicted molar refractivity (Wildman–Crippen MR) is 54.1 cm³/mol. The molecule has 0 N–H and O–H groups in total. The van der Waals surface area contributed by atoms with Gasteiger partial charge in [-0.2, -0.15) is 0 Å². The predicted octanol–water partition coefficient (Wildman–Crippen LogP) is 3.84. The van der Waals surface area contributed by atoms with Gasteiger partial charge in [0.25, 0.3) is 0 Å². The number of alkyl halides is 1. The standard InChI is InChI=1S/C10H19Br/c1-7-5-10(3,4)6-9(7)8(2)11/h7-9H,5-6H2,1-4H3. The van der Waals surface area contributed by atoms with Gasteiger partial charge in [-0.05, 0) is 30.1 Å². The smallest absolute Gasteiger partial charge is 0.0148 e. The third-order valence-corrected chi connectivity index (χ3v) is 3.66. The lowest BCUT2D eigenvalue weighted by atomic mass is 9.90. The molecule has 0 aliphatic heterocycles. The molecule has 1 heteroatoms. The van der Waals surface area contributed by atoms with Crippen molar-refractivity contribution in [3.8, 4) is 0 Å². The molecule has 0 saturated heterocycles. The molecule has 1 rings (SSSR count). The molecule has 3 unspecified atom stereocenters. The van der Waals surface area contributed by atoms with Crippen LogP contribution in [0.1, 0.15) is 40.5 Å². The van der Waals surface area contributed by atoms with Crippen molar-refractivity contribution < 1.29 is 0 Å². The Labute approximate surface area is 78.9 Å². The van der Waals surface area contributed by atoms with Crippen LogP contribution >= 0.6 is 15.9 Å². The summed E-state index contributed by atoms with van der Waals surface area (Å²) in [6.07, 6.45) is 2.79. The summed E-state index contributed by atoms with van der Waals surface area (Å²) in [5.41, 5.74) is 0.589. The van der Waals surface area contributed by atoms with E-state index in [1.165, 1.54) is 12.8 Å². The number of hydrogen-bond acceptors (Lipinski definition) is 0. The van der Waals surface area contributed by atoms with Crippen LogP contribution < -0.4 is 0 Å².